The number of nitrogens with one attached hydrogen (secondary N) is 1. The first-order valence-electron chi connectivity index (χ1n) is 10.4. The summed E-state index contributed by atoms with van der Waals surface area (Å²) in [5.74, 6) is 0.871. The summed E-state index contributed by atoms with van der Waals surface area (Å²) in [6.07, 6.45) is 1.09. The number of sulfonamides is 1. The molecule has 164 valence electrons. The molecular formula is C21H31N5O2S2. The molecule has 1 saturated heterocycles. The van der Waals surface area contributed by atoms with E-state index in [1.165, 1.54) is 16.9 Å². The van der Waals surface area contributed by atoms with Gasteiger partial charge in [0, 0.05) is 43.6 Å². The van der Waals surface area contributed by atoms with Crippen LogP contribution in [0.15, 0.2) is 51.7 Å². The minimum absolute atomic E-state index is 0.179. The van der Waals surface area contributed by atoms with Crippen LogP contribution in [0.2, 0.25) is 0 Å². The molecule has 1 aliphatic heterocycles. The number of nitrogens with two attached hydrogens (primary N) is 1. The Bertz CT molecular complexity index is 935. The lowest BCUT2D eigenvalue weighted by Crippen LogP contribution is -2.53. The predicted molar refractivity (Wildman–Crippen MR) is 123 cm³/mol. The van der Waals surface area contributed by atoms with Gasteiger partial charge in [-0.25, -0.2) is 18.5 Å². The third kappa shape index (κ3) is 5.81. The Kier molecular flexibility index (Phi) is 7.87. The Labute approximate surface area is 183 Å². The Balaban J connectivity index is 1.63. The number of rotatable bonds is 7. The van der Waals surface area contributed by atoms with Crippen molar-refractivity contribution < 1.29 is 8.42 Å². The topological polar surface area (TPSA) is 91.0 Å². The van der Waals surface area contributed by atoms with Crippen LogP contribution in [0.25, 0.3) is 0 Å². The molecule has 2 heterocycles. The van der Waals surface area contributed by atoms with Crippen molar-refractivity contribution in [2.75, 3.05) is 32.7 Å². The molecule has 0 aliphatic carbocycles. The number of nitrogens with zero attached hydrogens (tertiary/aromatic N) is 3. The number of hydrogen-bond acceptors (Lipinski definition) is 5. The standard InChI is InChI=1S/C21H31N5O2S2/c1-3-19(17-8-6-5-7-9-17)25-12-14-26(15-13-25)21(23-4-2)24-16-18-10-11-20(29-18)30(22,27)28/h5-11,19H,3-4,12-16H2,1-2H3,(H,23,24)(H2,22,27,28). The lowest BCUT2D eigenvalue weighted by atomic mass is 10.0. The zero-order valence-electron chi connectivity index (χ0n) is 17.6. The minimum atomic E-state index is -3.65. The monoisotopic (exact) mass is 449 g/mol. The van der Waals surface area contributed by atoms with Crippen LogP contribution in [0.5, 0.6) is 0 Å². The minimum Gasteiger partial charge on any atom is -0.357 e. The van der Waals surface area contributed by atoms with E-state index in [1.54, 1.807) is 12.1 Å². The molecule has 1 fully saturated rings. The third-order valence-corrected chi connectivity index (χ3v) is 7.77. The van der Waals surface area contributed by atoms with Crippen molar-refractivity contribution in [3.05, 3.63) is 52.9 Å². The largest absolute Gasteiger partial charge is 0.357 e. The van der Waals surface area contributed by atoms with Crippen molar-refractivity contribution in [3.63, 3.8) is 0 Å². The maximum atomic E-state index is 11.5. The Morgan fingerprint density at radius 1 is 1.13 bits per heavy atom. The molecule has 1 unspecified atom stereocenters. The van der Waals surface area contributed by atoms with Gasteiger partial charge in [0.2, 0.25) is 10.0 Å². The molecule has 30 heavy (non-hydrogen) atoms. The molecule has 0 saturated carbocycles. The first-order valence-corrected chi connectivity index (χ1v) is 12.7. The van der Waals surface area contributed by atoms with Gasteiger partial charge in [0.15, 0.2) is 5.96 Å². The molecule has 3 N–H and O–H groups in total. The van der Waals surface area contributed by atoms with Crippen molar-refractivity contribution >= 4 is 27.3 Å². The highest BCUT2D eigenvalue weighted by molar-refractivity contribution is 7.91. The highest BCUT2D eigenvalue weighted by Gasteiger charge is 2.25. The van der Waals surface area contributed by atoms with E-state index in [2.05, 4.69) is 59.3 Å². The number of piperazine rings is 1. The van der Waals surface area contributed by atoms with Gasteiger partial charge in [0.05, 0.1) is 6.54 Å². The first-order chi connectivity index (χ1) is 14.4. The van der Waals surface area contributed by atoms with Gasteiger partial charge in [-0.2, -0.15) is 0 Å². The molecule has 1 aromatic heterocycles. The highest BCUT2D eigenvalue weighted by atomic mass is 32.2. The fraction of sp³-hybridized carbons (Fsp3) is 0.476. The van der Waals surface area contributed by atoms with Gasteiger partial charge in [-0.15, -0.1) is 11.3 Å². The van der Waals surface area contributed by atoms with Crippen molar-refractivity contribution in [1.82, 2.24) is 15.1 Å². The Morgan fingerprint density at radius 2 is 1.83 bits per heavy atom. The van der Waals surface area contributed by atoms with Gasteiger partial charge in [0.1, 0.15) is 4.21 Å². The van der Waals surface area contributed by atoms with E-state index in [9.17, 15) is 8.42 Å². The molecule has 3 rings (SSSR count). The summed E-state index contributed by atoms with van der Waals surface area (Å²) in [6.45, 7) is 9.28. The smallest absolute Gasteiger partial charge is 0.247 e. The van der Waals surface area contributed by atoms with E-state index >= 15 is 0 Å². The molecule has 0 radical (unpaired) electrons. The molecule has 9 heteroatoms. The van der Waals surface area contributed by atoms with E-state index in [-0.39, 0.29) is 4.21 Å². The second-order valence-corrected chi connectivity index (χ2v) is 10.3. The second kappa shape index (κ2) is 10.4. The van der Waals surface area contributed by atoms with Gasteiger partial charge in [-0.1, -0.05) is 37.3 Å². The zero-order valence-corrected chi connectivity index (χ0v) is 19.3. The summed E-state index contributed by atoms with van der Waals surface area (Å²) in [7, 11) is -3.65. The number of guanidine groups is 1. The summed E-state index contributed by atoms with van der Waals surface area (Å²) in [4.78, 5) is 10.4. The van der Waals surface area contributed by atoms with Gasteiger partial charge in [-0.3, -0.25) is 4.90 Å². The van der Waals surface area contributed by atoms with Crippen LogP contribution in [0.4, 0.5) is 0 Å². The molecule has 7 nitrogen and oxygen atoms in total. The van der Waals surface area contributed by atoms with E-state index in [4.69, 9.17) is 10.1 Å². The number of hydrogen-bond donors (Lipinski definition) is 2. The summed E-state index contributed by atoms with van der Waals surface area (Å²) in [5, 5.41) is 8.57. The van der Waals surface area contributed by atoms with Crippen LogP contribution >= 0.6 is 11.3 Å². The molecule has 1 atom stereocenters. The Morgan fingerprint density at radius 3 is 2.40 bits per heavy atom. The summed E-state index contributed by atoms with van der Waals surface area (Å²) >= 11 is 1.18. The van der Waals surface area contributed by atoms with Gasteiger partial charge in [-0.05, 0) is 31.0 Å². The summed E-state index contributed by atoms with van der Waals surface area (Å²) in [6, 6.07) is 14.5. The first kappa shape index (κ1) is 22.7. The van der Waals surface area contributed by atoms with Gasteiger partial charge >= 0.3 is 0 Å². The summed E-state index contributed by atoms with van der Waals surface area (Å²) in [5.41, 5.74) is 1.37. The fourth-order valence-corrected chi connectivity index (χ4v) is 5.50. The molecule has 0 spiro atoms. The normalized spacial score (nSPS) is 17.2. The predicted octanol–water partition coefficient (Wildman–Crippen LogP) is 2.63. The molecular weight excluding hydrogens is 418 g/mol. The SMILES string of the molecule is CCNC(=NCc1ccc(S(N)(=O)=O)s1)N1CCN(C(CC)c2ccccc2)CC1. The van der Waals surface area contributed by atoms with Crippen LogP contribution in [-0.4, -0.2) is 56.9 Å². The van der Waals surface area contributed by atoms with Gasteiger partial charge in [0.25, 0.3) is 0 Å². The third-order valence-electron chi connectivity index (χ3n) is 5.26. The molecule has 1 aliphatic rings. The quantitative estimate of drug-likeness (QED) is 0.501. The molecule has 0 amide bonds. The average Bonchev–Trinajstić information content (AvgIpc) is 3.23. The van der Waals surface area contributed by atoms with Gasteiger partial charge < -0.3 is 10.2 Å². The molecule has 0 bridgehead atoms. The van der Waals surface area contributed by atoms with Crippen LogP contribution in [0.3, 0.4) is 0 Å². The van der Waals surface area contributed by atoms with E-state index in [0.717, 1.165) is 50.0 Å². The fourth-order valence-electron chi connectivity index (χ4n) is 3.80. The van der Waals surface area contributed by atoms with E-state index in [0.29, 0.717) is 12.6 Å². The molecule has 1 aromatic carbocycles. The lowest BCUT2D eigenvalue weighted by molar-refractivity contribution is 0.127. The lowest BCUT2D eigenvalue weighted by Gasteiger charge is -2.40. The number of benzene rings is 1. The van der Waals surface area contributed by atoms with E-state index in [1.807, 2.05) is 0 Å². The van der Waals surface area contributed by atoms with Crippen molar-refractivity contribution in [1.29, 1.82) is 0 Å². The average molecular weight is 450 g/mol. The number of primary sulfonamides is 1. The maximum Gasteiger partial charge on any atom is 0.247 e. The van der Waals surface area contributed by atoms with Crippen molar-refractivity contribution in [2.24, 2.45) is 10.1 Å². The van der Waals surface area contributed by atoms with Crippen molar-refractivity contribution in [2.45, 2.75) is 37.1 Å². The van der Waals surface area contributed by atoms with E-state index < -0.39 is 10.0 Å². The zero-order chi connectivity index (χ0) is 21.6. The Hall–Kier alpha value is -1.94. The maximum absolute atomic E-state index is 11.5. The summed E-state index contributed by atoms with van der Waals surface area (Å²) < 4.78 is 23.1. The second-order valence-electron chi connectivity index (χ2n) is 7.29. The van der Waals surface area contributed by atoms with Crippen molar-refractivity contribution in [3.8, 4) is 0 Å². The van der Waals surface area contributed by atoms with Crippen LogP contribution in [0.1, 0.15) is 36.8 Å². The number of aliphatic imine (C=N–C) groups is 1. The van der Waals surface area contributed by atoms with Crippen LogP contribution in [0, 0.1) is 0 Å². The number of thiophene rings is 1. The highest BCUT2D eigenvalue weighted by Crippen LogP contribution is 2.25. The van der Waals surface area contributed by atoms with Crippen LogP contribution in [-0.2, 0) is 16.6 Å². The van der Waals surface area contributed by atoms with Crippen LogP contribution < -0.4 is 10.5 Å². The molecule has 2 aromatic rings.